The first kappa shape index (κ1) is 14.6. The number of benzene rings is 1. The smallest absolute Gasteiger partial charge is 0.257 e. The second-order valence-electron chi connectivity index (χ2n) is 5.92. The van der Waals surface area contributed by atoms with E-state index in [9.17, 15) is 9.90 Å². The fourth-order valence-corrected chi connectivity index (χ4v) is 3.03. The number of nitrogens with zero attached hydrogens (tertiary/aromatic N) is 2. The second-order valence-corrected chi connectivity index (χ2v) is 5.92. The number of phenols is 1. The van der Waals surface area contributed by atoms with Crippen LogP contribution >= 0.6 is 0 Å². The molecule has 1 aromatic carbocycles. The fraction of sp³-hybridized carbons (Fsp3) is 0.375. The zero-order valence-corrected chi connectivity index (χ0v) is 12.8. The molecule has 1 aliphatic rings. The van der Waals surface area contributed by atoms with E-state index in [1.165, 1.54) is 0 Å². The first-order chi connectivity index (χ1) is 10.4. The van der Waals surface area contributed by atoms with Gasteiger partial charge in [0.25, 0.3) is 5.56 Å². The Hall–Kier alpha value is -2.34. The predicted octanol–water partition coefficient (Wildman–Crippen LogP) is 1.23. The number of rotatable bonds is 2. The zero-order valence-electron chi connectivity index (χ0n) is 12.8. The predicted molar refractivity (Wildman–Crippen MR) is 84.7 cm³/mol. The topological polar surface area (TPSA) is 95.2 Å². The number of fused-ring (bicyclic) bond motifs is 1. The highest BCUT2D eigenvalue weighted by Crippen LogP contribution is 2.24. The lowest BCUT2D eigenvalue weighted by Gasteiger charge is -2.27. The van der Waals surface area contributed by atoms with E-state index < -0.39 is 0 Å². The number of nitrogen functional groups attached to an aromatic ring is 1. The molecule has 0 radical (unpaired) electrons. The summed E-state index contributed by atoms with van der Waals surface area (Å²) in [5, 5.41) is 9.85. The summed E-state index contributed by atoms with van der Waals surface area (Å²) in [6.07, 6.45) is 0.722. The van der Waals surface area contributed by atoms with Crippen LogP contribution in [0, 0.1) is 13.8 Å². The van der Waals surface area contributed by atoms with E-state index in [-0.39, 0.29) is 11.5 Å². The van der Waals surface area contributed by atoms with Gasteiger partial charge in [-0.3, -0.25) is 14.7 Å². The molecule has 0 spiro atoms. The standard InChI is InChI=1S/C16H20N4O2/c1-9-5-11(6-10(2)14(9)21)7-20-4-3-13-12(8-20)15(22)19-16(17)18-13/h5-6,21H,3-4,7-8H2,1-2H3,(H3,17,18,19,22). The van der Waals surface area contributed by atoms with Crippen molar-refractivity contribution in [2.24, 2.45) is 0 Å². The van der Waals surface area contributed by atoms with E-state index in [0.29, 0.717) is 17.9 Å². The average molecular weight is 300 g/mol. The van der Waals surface area contributed by atoms with Crippen LogP contribution in [0.4, 0.5) is 5.95 Å². The van der Waals surface area contributed by atoms with Crippen LogP contribution in [0.3, 0.4) is 0 Å². The lowest BCUT2D eigenvalue weighted by atomic mass is 10.0. The van der Waals surface area contributed by atoms with E-state index >= 15 is 0 Å². The van der Waals surface area contributed by atoms with Crippen molar-refractivity contribution in [3.05, 3.63) is 50.4 Å². The number of nitrogens with two attached hydrogens (primary N) is 1. The van der Waals surface area contributed by atoms with Crippen molar-refractivity contribution in [1.29, 1.82) is 0 Å². The van der Waals surface area contributed by atoms with E-state index in [4.69, 9.17) is 5.73 Å². The zero-order chi connectivity index (χ0) is 15.9. The van der Waals surface area contributed by atoms with Gasteiger partial charge >= 0.3 is 0 Å². The van der Waals surface area contributed by atoms with E-state index in [2.05, 4.69) is 14.9 Å². The molecule has 22 heavy (non-hydrogen) atoms. The molecule has 0 saturated heterocycles. The van der Waals surface area contributed by atoms with Crippen molar-refractivity contribution >= 4 is 5.95 Å². The van der Waals surface area contributed by atoms with Crippen LogP contribution in [0.25, 0.3) is 0 Å². The molecule has 0 unspecified atom stereocenters. The normalized spacial score (nSPS) is 14.8. The third kappa shape index (κ3) is 2.69. The summed E-state index contributed by atoms with van der Waals surface area (Å²) in [5.74, 6) is 0.533. The van der Waals surface area contributed by atoms with Crippen molar-refractivity contribution < 1.29 is 5.11 Å². The maximum absolute atomic E-state index is 12.0. The van der Waals surface area contributed by atoms with Crippen molar-refractivity contribution in [1.82, 2.24) is 14.9 Å². The Balaban J connectivity index is 1.82. The molecule has 4 N–H and O–H groups in total. The largest absolute Gasteiger partial charge is 0.507 e. The van der Waals surface area contributed by atoms with Crippen LogP contribution < -0.4 is 11.3 Å². The van der Waals surface area contributed by atoms with Gasteiger partial charge in [0, 0.05) is 26.1 Å². The Morgan fingerprint density at radius 2 is 2.05 bits per heavy atom. The molecule has 0 saturated carbocycles. The van der Waals surface area contributed by atoms with E-state index in [0.717, 1.165) is 41.9 Å². The summed E-state index contributed by atoms with van der Waals surface area (Å²) in [7, 11) is 0. The third-order valence-electron chi connectivity index (χ3n) is 4.12. The van der Waals surface area contributed by atoms with E-state index in [1.54, 1.807) is 0 Å². The van der Waals surface area contributed by atoms with Gasteiger partial charge in [-0.25, -0.2) is 4.98 Å². The molecule has 116 valence electrons. The minimum Gasteiger partial charge on any atom is -0.507 e. The maximum atomic E-state index is 12.0. The Bertz CT molecular complexity index is 759. The number of aryl methyl sites for hydroxylation is 2. The summed E-state index contributed by atoms with van der Waals surface area (Å²) in [4.78, 5) is 21.0. The molecule has 3 rings (SSSR count). The molecule has 0 amide bonds. The van der Waals surface area contributed by atoms with Crippen LogP contribution in [-0.4, -0.2) is 26.5 Å². The van der Waals surface area contributed by atoms with Gasteiger partial charge in [0.15, 0.2) is 0 Å². The van der Waals surface area contributed by atoms with Gasteiger partial charge in [-0.15, -0.1) is 0 Å². The lowest BCUT2D eigenvalue weighted by Crippen LogP contribution is -2.35. The summed E-state index contributed by atoms with van der Waals surface area (Å²) < 4.78 is 0. The number of aromatic amines is 1. The molecule has 6 heteroatoms. The first-order valence-corrected chi connectivity index (χ1v) is 7.33. The lowest BCUT2D eigenvalue weighted by molar-refractivity contribution is 0.241. The van der Waals surface area contributed by atoms with Crippen LogP contribution in [0.15, 0.2) is 16.9 Å². The molecule has 0 fully saturated rings. The molecule has 2 heterocycles. The van der Waals surface area contributed by atoms with Gasteiger partial charge in [-0.2, -0.15) is 0 Å². The first-order valence-electron chi connectivity index (χ1n) is 7.33. The van der Waals surface area contributed by atoms with Gasteiger partial charge in [0.1, 0.15) is 5.75 Å². The molecule has 2 aromatic rings. The third-order valence-corrected chi connectivity index (χ3v) is 4.12. The molecule has 6 nitrogen and oxygen atoms in total. The van der Waals surface area contributed by atoms with Crippen molar-refractivity contribution in [2.45, 2.75) is 33.4 Å². The highest BCUT2D eigenvalue weighted by Gasteiger charge is 2.21. The quantitative estimate of drug-likeness (QED) is 0.775. The van der Waals surface area contributed by atoms with Gasteiger partial charge in [0.05, 0.1) is 11.3 Å². The van der Waals surface area contributed by atoms with Crippen LogP contribution in [0.2, 0.25) is 0 Å². The number of aromatic hydroxyl groups is 1. The Morgan fingerprint density at radius 3 is 2.73 bits per heavy atom. The molecule has 1 aromatic heterocycles. The maximum Gasteiger partial charge on any atom is 0.257 e. The summed E-state index contributed by atoms with van der Waals surface area (Å²) >= 11 is 0. The highest BCUT2D eigenvalue weighted by atomic mass is 16.3. The summed E-state index contributed by atoms with van der Waals surface area (Å²) in [6.45, 7) is 5.94. The van der Waals surface area contributed by atoms with Crippen LogP contribution in [0.1, 0.15) is 27.9 Å². The Morgan fingerprint density at radius 1 is 1.36 bits per heavy atom. The molecular formula is C16H20N4O2. The fourth-order valence-electron chi connectivity index (χ4n) is 3.03. The number of nitrogens with one attached hydrogen (secondary N) is 1. The van der Waals surface area contributed by atoms with Crippen molar-refractivity contribution in [3.8, 4) is 5.75 Å². The second kappa shape index (κ2) is 5.46. The number of H-pyrrole nitrogens is 1. The number of hydrogen-bond acceptors (Lipinski definition) is 5. The van der Waals surface area contributed by atoms with Gasteiger partial charge in [-0.1, -0.05) is 12.1 Å². The minimum absolute atomic E-state index is 0.148. The minimum atomic E-state index is -0.148. The molecule has 0 bridgehead atoms. The summed E-state index contributed by atoms with van der Waals surface area (Å²) in [6, 6.07) is 3.98. The van der Waals surface area contributed by atoms with Crippen molar-refractivity contribution in [2.75, 3.05) is 12.3 Å². The molecular weight excluding hydrogens is 280 g/mol. The number of phenolic OH excluding ortho intramolecular Hbond substituents is 1. The Kier molecular flexibility index (Phi) is 3.62. The van der Waals surface area contributed by atoms with Crippen molar-refractivity contribution in [3.63, 3.8) is 0 Å². The monoisotopic (exact) mass is 300 g/mol. The van der Waals surface area contributed by atoms with E-state index in [1.807, 2.05) is 26.0 Å². The molecule has 0 atom stereocenters. The molecule has 1 aliphatic heterocycles. The highest BCUT2D eigenvalue weighted by molar-refractivity contribution is 5.42. The van der Waals surface area contributed by atoms with Crippen LogP contribution in [-0.2, 0) is 19.5 Å². The van der Waals surface area contributed by atoms with Gasteiger partial charge in [0.2, 0.25) is 5.95 Å². The van der Waals surface area contributed by atoms with Crippen LogP contribution in [0.5, 0.6) is 5.75 Å². The average Bonchev–Trinajstić information content (AvgIpc) is 2.45. The Labute approximate surface area is 128 Å². The SMILES string of the molecule is Cc1cc(CN2CCc3nc(N)[nH]c(=O)c3C2)cc(C)c1O. The molecule has 0 aliphatic carbocycles. The summed E-state index contributed by atoms with van der Waals surface area (Å²) in [5.41, 5.74) is 9.82. The number of hydrogen-bond donors (Lipinski definition) is 3. The van der Waals surface area contributed by atoms with Gasteiger partial charge in [-0.05, 0) is 30.5 Å². The van der Waals surface area contributed by atoms with Gasteiger partial charge < -0.3 is 10.8 Å². The number of aromatic nitrogens is 2. The number of anilines is 1.